The highest BCUT2D eigenvalue weighted by Gasteiger charge is 2.42. The molecule has 4 heteroatoms. The van der Waals surface area contributed by atoms with Crippen LogP contribution in [0.1, 0.15) is 26.2 Å². The van der Waals surface area contributed by atoms with Crippen molar-refractivity contribution in [3.05, 3.63) is 0 Å². The molecule has 1 aliphatic rings. The Bertz CT molecular complexity index is 200. The molecule has 0 unspecified atom stereocenters. The number of methoxy groups -OCH3 is 1. The summed E-state index contributed by atoms with van der Waals surface area (Å²) in [5, 5.41) is 9.83. The zero-order valence-electron chi connectivity index (χ0n) is 8.95. The van der Waals surface area contributed by atoms with Gasteiger partial charge < -0.3 is 14.7 Å². The third-order valence-electron chi connectivity index (χ3n) is 2.56. The van der Waals surface area contributed by atoms with Crippen LogP contribution in [0.15, 0.2) is 0 Å². The Morgan fingerprint density at radius 2 is 2.21 bits per heavy atom. The van der Waals surface area contributed by atoms with Crippen molar-refractivity contribution in [2.24, 2.45) is 0 Å². The van der Waals surface area contributed by atoms with E-state index in [4.69, 9.17) is 4.74 Å². The van der Waals surface area contributed by atoms with Crippen molar-refractivity contribution in [1.82, 2.24) is 4.90 Å². The van der Waals surface area contributed by atoms with Gasteiger partial charge in [0.15, 0.2) is 0 Å². The SMILES string of the molecule is CCCC1(O)CN(C(=O)CCOC)C1. The summed E-state index contributed by atoms with van der Waals surface area (Å²) >= 11 is 0. The molecule has 1 N–H and O–H groups in total. The molecule has 82 valence electrons. The van der Waals surface area contributed by atoms with Crippen LogP contribution < -0.4 is 0 Å². The molecule has 0 aromatic carbocycles. The largest absolute Gasteiger partial charge is 0.386 e. The number of hydrogen-bond acceptors (Lipinski definition) is 3. The highest BCUT2D eigenvalue weighted by atomic mass is 16.5. The van der Waals surface area contributed by atoms with Gasteiger partial charge in [-0.25, -0.2) is 0 Å². The Labute approximate surface area is 84.8 Å². The maximum Gasteiger partial charge on any atom is 0.225 e. The van der Waals surface area contributed by atoms with E-state index in [1.165, 1.54) is 0 Å². The number of likely N-dealkylation sites (tertiary alicyclic amines) is 1. The standard InChI is InChI=1S/C10H19NO3/c1-3-5-10(13)7-11(8-10)9(12)4-6-14-2/h13H,3-8H2,1-2H3. The topological polar surface area (TPSA) is 49.8 Å². The average Bonchev–Trinajstić information content (AvgIpc) is 2.10. The molecule has 0 atom stereocenters. The van der Waals surface area contributed by atoms with Crippen molar-refractivity contribution in [2.45, 2.75) is 31.8 Å². The van der Waals surface area contributed by atoms with Crippen LogP contribution in [-0.4, -0.2) is 48.3 Å². The normalized spacial score (nSPS) is 19.2. The Hall–Kier alpha value is -0.610. The van der Waals surface area contributed by atoms with Gasteiger partial charge in [0.25, 0.3) is 0 Å². The van der Waals surface area contributed by atoms with Gasteiger partial charge in [0.05, 0.1) is 31.7 Å². The number of aliphatic hydroxyl groups is 1. The number of rotatable bonds is 5. The van der Waals surface area contributed by atoms with E-state index in [9.17, 15) is 9.90 Å². The monoisotopic (exact) mass is 201 g/mol. The lowest BCUT2D eigenvalue weighted by Gasteiger charge is -2.46. The summed E-state index contributed by atoms with van der Waals surface area (Å²) in [4.78, 5) is 13.1. The summed E-state index contributed by atoms with van der Waals surface area (Å²) < 4.78 is 4.82. The van der Waals surface area contributed by atoms with Crippen molar-refractivity contribution in [3.8, 4) is 0 Å². The summed E-state index contributed by atoms with van der Waals surface area (Å²) in [5.41, 5.74) is -0.614. The van der Waals surface area contributed by atoms with E-state index in [1.54, 1.807) is 12.0 Å². The minimum absolute atomic E-state index is 0.0765. The van der Waals surface area contributed by atoms with Gasteiger partial charge in [-0.15, -0.1) is 0 Å². The van der Waals surface area contributed by atoms with E-state index in [1.807, 2.05) is 6.92 Å². The molecule has 0 bridgehead atoms. The molecule has 0 aliphatic carbocycles. The number of β-amino-alcohol motifs (C(OH)–C–C–N with tert-alkyl or cyclic N) is 1. The zero-order chi connectivity index (χ0) is 10.6. The third kappa shape index (κ3) is 2.69. The van der Waals surface area contributed by atoms with Crippen LogP contribution in [-0.2, 0) is 9.53 Å². The van der Waals surface area contributed by atoms with Gasteiger partial charge in [-0.2, -0.15) is 0 Å². The minimum atomic E-state index is -0.614. The summed E-state index contributed by atoms with van der Waals surface area (Å²) in [5.74, 6) is 0.0765. The first kappa shape index (κ1) is 11.5. The molecule has 0 aromatic rings. The molecule has 1 heterocycles. The lowest BCUT2D eigenvalue weighted by Crippen LogP contribution is -2.63. The van der Waals surface area contributed by atoms with Crippen LogP contribution >= 0.6 is 0 Å². The van der Waals surface area contributed by atoms with Crippen molar-refractivity contribution < 1.29 is 14.6 Å². The molecular weight excluding hydrogens is 182 g/mol. The van der Waals surface area contributed by atoms with Crippen molar-refractivity contribution in [2.75, 3.05) is 26.8 Å². The first-order valence-electron chi connectivity index (χ1n) is 5.10. The van der Waals surface area contributed by atoms with Gasteiger partial charge in [-0.1, -0.05) is 13.3 Å². The smallest absolute Gasteiger partial charge is 0.225 e. The Morgan fingerprint density at radius 3 is 2.71 bits per heavy atom. The average molecular weight is 201 g/mol. The number of carbonyl (C=O) groups excluding carboxylic acids is 1. The fourth-order valence-electron chi connectivity index (χ4n) is 1.81. The number of carbonyl (C=O) groups is 1. The second-order valence-corrected chi connectivity index (χ2v) is 3.97. The van der Waals surface area contributed by atoms with Crippen LogP contribution in [0, 0.1) is 0 Å². The quantitative estimate of drug-likeness (QED) is 0.700. The van der Waals surface area contributed by atoms with Crippen LogP contribution in [0.2, 0.25) is 0 Å². The molecular formula is C10H19NO3. The Kier molecular flexibility index (Phi) is 3.89. The molecule has 1 amide bonds. The van der Waals surface area contributed by atoms with Crippen molar-refractivity contribution in [1.29, 1.82) is 0 Å². The van der Waals surface area contributed by atoms with Gasteiger partial charge in [-0.3, -0.25) is 4.79 Å². The Balaban J connectivity index is 2.22. The highest BCUT2D eigenvalue weighted by molar-refractivity contribution is 5.77. The van der Waals surface area contributed by atoms with Gasteiger partial charge in [0.1, 0.15) is 0 Å². The second-order valence-electron chi connectivity index (χ2n) is 3.97. The molecule has 1 fully saturated rings. The van der Waals surface area contributed by atoms with Crippen LogP contribution in [0.3, 0.4) is 0 Å². The molecule has 0 aromatic heterocycles. The first-order chi connectivity index (χ1) is 6.61. The fraction of sp³-hybridized carbons (Fsp3) is 0.900. The number of amides is 1. The molecule has 1 aliphatic heterocycles. The van der Waals surface area contributed by atoms with E-state index < -0.39 is 5.60 Å². The van der Waals surface area contributed by atoms with Crippen LogP contribution in [0.4, 0.5) is 0 Å². The first-order valence-corrected chi connectivity index (χ1v) is 5.10. The lowest BCUT2D eigenvalue weighted by molar-refractivity contribution is -0.157. The molecule has 0 saturated carbocycles. The van der Waals surface area contributed by atoms with E-state index in [2.05, 4.69) is 0 Å². The fourth-order valence-corrected chi connectivity index (χ4v) is 1.81. The summed E-state index contributed by atoms with van der Waals surface area (Å²) in [7, 11) is 1.58. The van der Waals surface area contributed by atoms with Gasteiger partial charge in [-0.05, 0) is 6.42 Å². The summed E-state index contributed by atoms with van der Waals surface area (Å²) in [6, 6.07) is 0. The summed E-state index contributed by atoms with van der Waals surface area (Å²) in [6.07, 6.45) is 2.15. The van der Waals surface area contributed by atoms with Crippen LogP contribution in [0.5, 0.6) is 0 Å². The number of nitrogens with zero attached hydrogens (tertiary/aromatic N) is 1. The number of hydrogen-bond donors (Lipinski definition) is 1. The molecule has 0 spiro atoms. The molecule has 1 rings (SSSR count). The lowest BCUT2D eigenvalue weighted by atomic mass is 9.89. The van der Waals surface area contributed by atoms with Crippen LogP contribution in [0.25, 0.3) is 0 Å². The van der Waals surface area contributed by atoms with Gasteiger partial charge in [0, 0.05) is 7.11 Å². The van der Waals surface area contributed by atoms with Gasteiger partial charge >= 0.3 is 0 Å². The minimum Gasteiger partial charge on any atom is -0.386 e. The van der Waals surface area contributed by atoms with Crippen molar-refractivity contribution in [3.63, 3.8) is 0 Å². The van der Waals surface area contributed by atoms with Crippen molar-refractivity contribution >= 4 is 5.91 Å². The van der Waals surface area contributed by atoms with Gasteiger partial charge in [0.2, 0.25) is 5.91 Å². The predicted molar refractivity (Wildman–Crippen MR) is 52.9 cm³/mol. The second kappa shape index (κ2) is 4.75. The molecule has 4 nitrogen and oxygen atoms in total. The maximum atomic E-state index is 11.4. The zero-order valence-corrected chi connectivity index (χ0v) is 8.95. The van der Waals surface area contributed by atoms with E-state index >= 15 is 0 Å². The van der Waals surface area contributed by atoms with E-state index in [0.29, 0.717) is 26.1 Å². The van der Waals surface area contributed by atoms with E-state index in [0.717, 1.165) is 12.8 Å². The summed E-state index contributed by atoms with van der Waals surface area (Å²) in [6.45, 7) is 3.47. The Morgan fingerprint density at radius 1 is 1.57 bits per heavy atom. The van der Waals surface area contributed by atoms with E-state index in [-0.39, 0.29) is 5.91 Å². The molecule has 0 radical (unpaired) electrons. The third-order valence-corrected chi connectivity index (χ3v) is 2.56. The number of ether oxygens (including phenoxy) is 1. The maximum absolute atomic E-state index is 11.4. The molecule has 14 heavy (non-hydrogen) atoms. The predicted octanol–water partition coefficient (Wildman–Crippen LogP) is 0.396. The highest BCUT2D eigenvalue weighted by Crippen LogP contribution is 2.25. The molecule has 1 saturated heterocycles.